The maximum atomic E-state index is 9.33. The van der Waals surface area contributed by atoms with Crippen LogP contribution in [0.15, 0.2) is 170 Å². The van der Waals surface area contributed by atoms with Crippen LogP contribution in [-0.2, 0) is 6.42 Å². The highest BCUT2D eigenvalue weighted by Crippen LogP contribution is 2.38. The van der Waals surface area contributed by atoms with E-state index < -0.39 is 0 Å². The van der Waals surface area contributed by atoms with Gasteiger partial charge in [0.1, 0.15) is 0 Å². The maximum Gasteiger partial charge on any atom is 0.0991 e. The predicted octanol–water partition coefficient (Wildman–Crippen LogP) is 11.4. The molecule has 0 radical (unpaired) electrons. The molecular weight excluding hydrogens is 583 g/mol. The zero-order valence-electron chi connectivity index (χ0n) is 26.3. The third-order valence-corrected chi connectivity index (χ3v) is 9.02. The summed E-state index contributed by atoms with van der Waals surface area (Å²) in [5.74, 6) is 0. The van der Waals surface area contributed by atoms with E-state index >= 15 is 0 Å². The second-order valence-corrected chi connectivity index (χ2v) is 12.2. The van der Waals surface area contributed by atoms with Crippen LogP contribution in [0.25, 0.3) is 39.6 Å². The minimum Gasteiger partial charge on any atom is -0.309 e. The van der Waals surface area contributed by atoms with Crippen molar-refractivity contribution in [1.29, 1.82) is 5.26 Å². The van der Waals surface area contributed by atoms with E-state index in [4.69, 9.17) is 0 Å². The number of rotatable bonds is 5. The van der Waals surface area contributed by atoms with Crippen molar-refractivity contribution in [3.63, 3.8) is 0 Å². The van der Waals surface area contributed by atoms with E-state index in [-0.39, 0.29) is 0 Å². The second kappa shape index (κ2) is 12.4. The van der Waals surface area contributed by atoms with Crippen LogP contribution >= 0.6 is 0 Å². The van der Waals surface area contributed by atoms with Gasteiger partial charge in [-0.15, -0.1) is 0 Å². The molecule has 0 atom stereocenters. The molecule has 0 N–H and O–H groups in total. The Labute approximate surface area is 281 Å². The molecule has 0 spiro atoms. The Morgan fingerprint density at radius 3 is 2.15 bits per heavy atom. The molecule has 2 aliphatic carbocycles. The highest BCUT2D eigenvalue weighted by molar-refractivity contribution is 5.93. The third kappa shape index (κ3) is 5.68. The molecule has 0 aliphatic heterocycles. The number of fused-ring (bicyclic) bond motifs is 2. The average molecular weight is 614 g/mol. The molecule has 0 saturated heterocycles. The molecule has 48 heavy (non-hydrogen) atoms. The van der Waals surface area contributed by atoms with Gasteiger partial charge in [0.15, 0.2) is 0 Å². The molecule has 2 bridgehead atoms. The van der Waals surface area contributed by atoms with Crippen molar-refractivity contribution in [1.82, 2.24) is 4.98 Å². The first-order chi connectivity index (χ1) is 23.6. The lowest BCUT2D eigenvalue weighted by Crippen LogP contribution is -2.10. The van der Waals surface area contributed by atoms with Crippen molar-refractivity contribution in [2.45, 2.75) is 6.42 Å². The van der Waals surface area contributed by atoms with Crippen molar-refractivity contribution in [3.8, 4) is 17.2 Å². The lowest BCUT2D eigenvalue weighted by atomic mass is 9.85. The van der Waals surface area contributed by atoms with Gasteiger partial charge in [-0.2, -0.15) is 5.26 Å². The first-order valence-electron chi connectivity index (χ1n) is 16.1. The number of anilines is 3. The summed E-state index contributed by atoms with van der Waals surface area (Å²) in [6, 6.07) is 42.2. The molecule has 1 heterocycles. The van der Waals surface area contributed by atoms with Crippen molar-refractivity contribution in [3.05, 3.63) is 198 Å². The summed E-state index contributed by atoms with van der Waals surface area (Å²) in [4.78, 5) is 6.54. The lowest BCUT2D eigenvalue weighted by molar-refractivity contribution is 1.16. The number of nitrogens with zero attached hydrogens (tertiary/aromatic N) is 3. The fourth-order valence-corrected chi connectivity index (χ4v) is 6.60. The zero-order chi connectivity index (χ0) is 32.5. The van der Waals surface area contributed by atoms with Crippen LogP contribution in [0.3, 0.4) is 0 Å². The summed E-state index contributed by atoms with van der Waals surface area (Å²) in [5.41, 5.74) is 14.4. The van der Waals surface area contributed by atoms with E-state index in [1.165, 1.54) is 49.9 Å². The molecule has 8 rings (SSSR count). The Hall–Kier alpha value is -6.50. The van der Waals surface area contributed by atoms with Crippen LogP contribution in [0.2, 0.25) is 0 Å². The van der Waals surface area contributed by atoms with Crippen molar-refractivity contribution < 1.29 is 0 Å². The minimum absolute atomic E-state index is 0.631. The molecule has 0 saturated carbocycles. The quantitative estimate of drug-likeness (QED) is 0.194. The molecule has 0 amide bonds. The molecule has 5 aromatic carbocycles. The maximum absolute atomic E-state index is 9.33. The fourth-order valence-electron chi connectivity index (χ4n) is 6.60. The molecule has 2 aliphatic rings. The van der Waals surface area contributed by atoms with Crippen LogP contribution in [0.4, 0.5) is 17.1 Å². The number of aromatic nitrogens is 1. The standard InChI is InChI=1S/C45H31N3/c1-31-9-13-38-26-41(27-39-14-10-33(24-45(38)39)23-40(22-31)34-6-3-2-4-7-34)36-15-16-37-28-43(20-17-35(37)25-36)48(44-8-5-21-47-30-44)42-18-11-32(29-46)12-19-42/h2-23,25-28,30H,1,24H2/b13-9-,33-23-,40-22+. The number of hydrogen-bond donors (Lipinski definition) is 0. The highest BCUT2D eigenvalue weighted by atomic mass is 15.1. The summed E-state index contributed by atoms with van der Waals surface area (Å²) in [7, 11) is 0. The van der Waals surface area contributed by atoms with E-state index in [1.807, 2.05) is 42.6 Å². The van der Waals surface area contributed by atoms with Gasteiger partial charge in [0, 0.05) is 17.6 Å². The number of pyridine rings is 1. The minimum atomic E-state index is 0.631. The predicted molar refractivity (Wildman–Crippen MR) is 200 cm³/mol. The van der Waals surface area contributed by atoms with Crippen LogP contribution < -0.4 is 4.90 Å². The highest BCUT2D eigenvalue weighted by Gasteiger charge is 2.17. The van der Waals surface area contributed by atoms with Gasteiger partial charge in [-0.3, -0.25) is 4.98 Å². The van der Waals surface area contributed by atoms with E-state index in [9.17, 15) is 5.26 Å². The van der Waals surface area contributed by atoms with Gasteiger partial charge in [0.25, 0.3) is 0 Å². The molecule has 3 heteroatoms. The smallest absolute Gasteiger partial charge is 0.0991 e. The number of hydrogen-bond acceptors (Lipinski definition) is 3. The van der Waals surface area contributed by atoms with Crippen molar-refractivity contribution in [2.24, 2.45) is 0 Å². The van der Waals surface area contributed by atoms with Crippen LogP contribution in [0, 0.1) is 11.3 Å². The Morgan fingerprint density at radius 1 is 0.625 bits per heavy atom. The number of allylic oxidation sites excluding steroid dienone is 7. The number of benzene rings is 5. The van der Waals surface area contributed by atoms with Gasteiger partial charge in [0.05, 0.1) is 23.5 Å². The topological polar surface area (TPSA) is 39.9 Å². The lowest BCUT2D eigenvalue weighted by Gasteiger charge is -2.25. The molecule has 0 unspecified atom stereocenters. The molecule has 3 nitrogen and oxygen atoms in total. The Morgan fingerprint density at radius 2 is 1.38 bits per heavy atom. The van der Waals surface area contributed by atoms with Crippen molar-refractivity contribution >= 4 is 45.6 Å². The Balaban J connectivity index is 1.15. The van der Waals surface area contributed by atoms with E-state index in [2.05, 4.69) is 138 Å². The third-order valence-electron chi connectivity index (χ3n) is 9.02. The largest absolute Gasteiger partial charge is 0.309 e. The van der Waals surface area contributed by atoms with Gasteiger partial charge in [-0.1, -0.05) is 85.5 Å². The van der Waals surface area contributed by atoms with E-state index in [1.54, 1.807) is 6.20 Å². The molecule has 1 aromatic heterocycles. The average Bonchev–Trinajstić information content (AvgIpc) is 3.14. The SMILES string of the molecule is C=C1/C=C\c2cc(-c3ccc4cc(N(c5ccc(C#N)cc5)c5cccnc5)ccc4c3)cc3c2C/C(=C\C(c2ccccc2)=C/1)C=C3. The fraction of sp³-hybridized carbons (Fsp3) is 0.0222. The van der Waals surface area contributed by atoms with Gasteiger partial charge in [-0.25, -0.2) is 0 Å². The zero-order valence-corrected chi connectivity index (χ0v) is 26.3. The second-order valence-electron chi connectivity index (χ2n) is 12.2. The summed E-state index contributed by atoms with van der Waals surface area (Å²) in [5, 5.41) is 11.6. The number of nitriles is 1. The molecule has 6 aromatic rings. The van der Waals surface area contributed by atoms with Crippen LogP contribution in [-0.4, -0.2) is 4.98 Å². The van der Waals surface area contributed by atoms with Gasteiger partial charge in [-0.05, 0) is 140 Å². The van der Waals surface area contributed by atoms with E-state index in [0.29, 0.717) is 5.56 Å². The summed E-state index contributed by atoms with van der Waals surface area (Å²) in [6.07, 6.45) is 17.8. The van der Waals surface area contributed by atoms with Crippen LogP contribution in [0.5, 0.6) is 0 Å². The van der Waals surface area contributed by atoms with Crippen LogP contribution in [0.1, 0.15) is 27.8 Å². The normalized spacial score (nSPS) is 16.3. The summed E-state index contributed by atoms with van der Waals surface area (Å²) >= 11 is 0. The van der Waals surface area contributed by atoms with Gasteiger partial charge >= 0.3 is 0 Å². The first-order valence-corrected chi connectivity index (χ1v) is 16.1. The molecule has 0 fully saturated rings. The van der Waals surface area contributed by atoms with Gasteiger partial charge in [0.2, 0.25) is 0 Å². The van der Waals surface area contributed by atoms with Gasteiger partial charge < -0.3 is 4.90 Å². The first kappa shape index (κ1) is 28.9. The van der Waals surface area contributed by atoms with E-state index in [0.717, 1.165) is 34.4 Å². The van der Waals surface area contributed by atoms with Crippen molar-refractivity contribution in [2.75, 3.05) is 4.90 Å². The monoisotopic (exact) mass is 613 g/mol. The Kier molecular flexibility index (Phi) is 7.45. The summed E-state index contributed by atoms with van der Waals surface area (Å²) < 4.78 is 0. The summed E-state index contributed by atoms with van der Waals surface area (Å²) in [6.45, 7) is 4.35. The molecule has 226 valence electrons. The molecular formula is C45H31N3. The Bertz CT molecular complexity index is 2370.